The van der Waals surface area contributed by atoms with E-state index < -0.39 is 0 Å². The largest absolute Gasteiger partial charge is 0.288 e. The molecule has 0 saturated carbocycles. The molecule has 0 aliphatic carbocycles. The van der Waals surface area contributed by atoms with Crippen LogP contribution in [0.1, 0.15) is 5.82 Å². The standard InChI is InChI=1S/C11H9N5O/c1-7-12-10-9(13-15-14-10)11(17)16(7)8-5-3-2-4-6-8/h2-6H,1H3,(H,13,14,15). The Bertz CT molecular complexity index is 728. The summed E-state index contributed by atoms with van der Waals surface area (Å²) in [6.45, 7) is 1.77. The molecule has 84 valence electrons. The van der Waals surface area contributed by atoms with Gasteiger partial charge in [-0.25, -0.2) is 4.98 Å². The van der Waals surface area contributed by atoms with Crippen LogP contribution in [0.5, 0.6) is 0 Å². The van der Waals surface area contributed by atoms with Crippen LogP contribution in [0.25, 0.3) is 16.9 Å². The van der Waals surface area contributed by atoms with E-state index in [-0.39, 0.29) is 11.1 Å². The molecule has 2 aromatic heterocycles. The van der Waals surface area contributed by atoms with Crippen molar-refractivity contribution >= 4 is 11.2 Å². The van der Waals surface area contributed by atoms with Gasteiger partial charge in [0.15, 0.2) is 5.52 Å². The van der Waals surface area contributed by atoms with Crippen molar-refractivity contribution in [1.29, 1.82) is 0 Å². The van der Waals surface area contributed by atoms with Crippen LogP contribution in [0.15, 0.2) is 35.1 Å². The van der Waals surface area contributed by atoms with E-state index in [2.05, 4.69) is 20.4 Å². The van der Waals surface area contributed by atoms with Gasteiger partial charge in [-0.2, -0.15) is 5.21 Å². The number of hydrogen-bond acceptors (Lipinski definition) is 4. The van der Waals surface area contributed by atoms with Crippen molar-refractivity contribution < 1.29 is 0 Å². The summed E-state index contributed by atoms with van der Waals surface area (Å²) < 4.78 is 1.52. The summed E-state index contributed by atoms with van der Waals surface area (Å²) >= 11 is 0. The molecule has 0 aliphatic rings. The Balaban J connectivity index is 2.40. The molecule has 2 heterocycles. The fraction of sp³-hybridized carbons (Fsp3) is 0.0909. The molecule has 3 aromatic rings. The number of nitrogens with zero attached hydrogens (tertiary/aromatic N) is 4. The molecule has 0 aliphatic heterocycles. The Morgan fingerprint density at radius 3 is 2.71 bits per heavy atom. The monoisotopic (exact) mass is 227 g/mol. The van der Waals surface area contributed by atoms with Gasteiger partial charge in [0, 0.05) is 0 Å². The highest BCUT2D eigenvalue weighted by Crippen LogP contribution is 2.08. The summed E-state index contributed by atoms with van der Waals surface area (Å²) in [7, 11) is 0. The normalized spacial score (nSPS) is 10.9. The lowest BCUT2D eigenvalue weighted by Crippen LogP contribution is -2.22. The number of H-pyrrole nitrogens is 1. The van der Waals surface area contributed by atoms with E-state index in [1.54, 1.807) is 6.92 Å². The average Bonchev–Trinajstić information content (AvgIpc) is 2.78. The van der Waals surface area contributed by atoms with E-state index in [4.69, 9.17) is 0 Å². The van der Waals surface area contributed by atoms with Crippen LogP contribution >= 0.6 is 0 Å². The molecule has 0 amide bonds. The second-order valence-corrected chi connectivity index (χ2v) is 3.63. The molecular formula is C11H9N5O. The first-order valence-corrected chi connectivity index (χ1v) is 5.13. The Kier molecular flexibility index (Phi) is 2.01. The second kappa shape index (κ2) is 3.51. The summed E-state index contributed by atoms with van der Waals surface area (Å²) in [6.07, 6.45) is 0. The quantitative estimate of drug-likeness (QED) is 0.667. The van der Waals surface area contributed by atoms with E-state index in [1.165, 1.54) is 4.57 Å². The van der Waals surface area contributed by atoms with E-state index >= 15 is 0 Å². The number of aromatic amines is 1. The fourth-order valence-electron chi connectivity index (χ4n) is 1.78. The van der Waals surface area contributed by atoms with Crippen LogP contribution in [-0.4, -0.2) is 25.0 Å². The number of rotatable bonds is 1. The maximum absolute atomic E-state index is 12.2. The second-order valence-electron chi connectivity index (χ2n) is 3.63. The van der Waals surface area contributed by atoms with Crippen LogP contribution in [0.3, 0.4) is 0 Å². The number of aromatic nitrogens is 5. The molecule has 6 nitrogen and oxygen atoms in total. The number of hydrogen-bond donors (Lipinski definition) is 1. The molecule has 0 bridgehead atoms. The van der Waals surface area contributed by atoms with Crippen molar-refractivity contribution in [1.82, 2.24) is 25.0 Å². The van der Waals surface area contributed by atoms with Gasteiger partial charge in [0.2, 0.25) is 5.65 Å². The zero-order valence-electron chi connectivity index (χ0n) is 9.08. The lowest BCUT2D eigenvalue weighted by Gasteiger charge is -2.07. The molecule has 0 saturated heterocycles. The number of nitrogens with one attached hydrogen (secondary N) is 1. The SMILES string of the molecule is Cc1nc2n[nH]nc2c(=O)n1-c1ccccc1. The van der Waals surface area contributed by atoms with Crippen molar-refractivity contribution in [3.8, 4) is 5.69 Å². The van der Waals surface area contributed by atoms with E-state index in [0.717, 1.165) is 5.69 Å². The van der Waals surface area contributed by atoms with E-state index in [0.29, 0.717) is 11.5 Å². The van der Waals surface area contributed by atoms with Gasteiger partial charge in [0.1, 0.15) is 5.82 Å². The number of fused-ring (bicyclic) bond motifs is 1. The molecule has 0 fully saturated rings. The molecule has 0 atom stereocenters. The molecule has 0 radical (unpaired) electrons. The van der Waals surface area contributed by atoms with E-state index in [1.807, 2.05) is 30.3 Å². The number of aryl methyl sites for hydroxylation is 1. The Morgan fingerprint density at radius 2 is 1.94 bits per heavy atom. The van der Waals surface area contributed by atoms with Gasteiger partial charge in [-0.1, -0.05) is 18.2 Å². The number of para-hydroxylation sites is 1. The summed E-state index contributed by atoms with van der Waals surface area (Å²) in [5, 5.41) is 10.0. The van der Waals surface area contributed by atoms with Crippen molar-refractivity contribution in [3.63, 3.8) is 0 Å². The first kappa shape index (κ1) is 9.71. The smallest absolute Gasteiger partial charge is 0.266 e. The topological polar surface area (TPSA) is 76.5 Å². The third kappa shape index (κ3) is 1.42. The molecule has 0 unspecified atom stereocenters. The first-order valence-electron chi connectivity index (χ1n) is 5.13. The van der Waals surface area contributed by atoms with Crippen LogP contribution in [-0.2, 0) is 0 Å². The maximum Gasteiger partial charge on any atom is 0.288 e. The van der Waals surface area contributed by atoms with Gasteiger partial charge >= 0.3 is 0 Å². The lowest BCUT2D eigenvalue weighted by molar-refractivity contribution is 0.890. The highest BCUT2D eigenvalue weighted by Gasteiger charge is 2.12. The molecule has 6 heteroatoms. The minimum Gasteiger partial charge on any atom is -0.266 e. The highest BCUT2D eigenvalue weighted by atomic mass is 16.1. The molecule has 3 rings (SSSR count). The minimum atomic E-state index is -0.215. The van der Waals surface area contributed by atoms with Gasteiger partial charge in [0.25, 0.3) is 5.56 Å². The van der Waals surface area contributed by atoms with Gasteiger partial charge in [-0.3, -0.25) is 9.36 Å². The van der Waals surface area contributed by atoms with Gasteiger partial charge in [0.05, 0.1) is 5.69 Å². The first-order chi connectivity index (χ1) is 8.27. The van der Waals surface area contributed by atoms with Crippen LogP contribution < -0.4 is 5.56 Å². The molecule has 0 spiro atoms. The van der Waals surface area contributed by atoms with Gasteiger partial charge < -0.3 is 0 Å². The average molecular weight is 227 g/mol. The van der Waals surface area contributed by atoms with Crippen LogP contribution in [0.2, 0.25) is 0 Å². The summed E-state index contributed by atoms with van der Waals surface area (Å²) in [6, 6.07) is 9.33. The fourth-order valence-corrected chi connectivity index (χ4v) is 1.78. The molecule has 17 heavy (non-hydrogen) atoms. The van der Waals surface area contributed by atoms with Crippen LogP contribution in [0.4, 0.5) is 0 Å². The molecular weight excluding hydrogens is 218 g/mol. The predicted octanol–water partition coefficient (Wildman–Crippen LogP) is 0.812. The third-order valence-electron chi connectivity index (χ3n) is 2.54. The number of benzene rings is 1. The zero-order chi connectivity index (χ0) is 11.8. The summed E-state index contributed by atoms with van der Waals surface area (Å²) in [4.78, 5) is 16.4. The lowest BCUT2D eigenvalue weighted by atomic mass is 10.3. The van der Waals surface area contributed by atoms with E-state index in [9.17, 15) is 4.79 Å². The van der Waals surface area contributed by atoms with Crippen molar-refractivity contribution in [2.45, 2.75) is 6.92 Å². The predicted molar refractivity (Wildman–Crippen MR) is 62.0 cm³/mol. The van der Waals surface area contributed by atoms with Gasteiger partial charge in [-0.15, -0.1) is 10.2 Å². The molecule has 1 aromatic carbocycles. The Morgan fingerprint density at radius 1 is 1.18 bits per heavy atom. The summed E-state index contributed by atoms with van der Waals surface area (Å²) in [5.74, 6) is 0.586. The van der Waals surface area contributed by atoms with Crippen molar-refractivity contribution in [3.05, 3.63) is 46.5 Å². The Hall–Kier alpha value is -2.50. The van der Waals surface area contributed by atoms with Crippen LogP contribution in [0, 0.1) is 6.92 Å². The minimum absolute atomic E-state index is 0.215. The Labute approximate surface area is 95.9 Å². The highest BCUT2D eigenvalue weighted by molar-refractivity contribution is 5.67. The van der Waals surface area contributed by atoms with Gasteiger partial charge in [-0.05, 0) is 19.1 Å². The maximum atomic E-state index is 12.2. The zero-order valence-corrected chi connectivity index (χ0v) is 9.08. The third-order valence-corrected chi connectivity index (χ3v) is 2.54. The van der Waals surface area contributed by atoms with Crippen molar-refractivity contribution in [2.24, 2.45) is 0 Å². The summed E-state index contributed by atoms with van der Waals surface area (Å²) in [5.41, 5.74) is 1.15. The molecule has 1 N–H and O–H groups in total. The van der Waals surface area contributed by atoms with Crippen molar-refractivity contribution in [2.75, 3.05) is 0 Å².